The second kappa shape index (κ2) is 6.93. The summed E-state index contributed by atoms with van der Waals surface area (Å²) in [5.41, 5.74) is 11.4. The molecule has 2 N–H and O–H groups in total. The largest absolute Gasteiger partial charge is 0.456 e. The molecule has 0 spiro atoms. The molecule has 0 saturated heterocycles. The number of hydrogen-bond acceptors (Lipinski definition) is 2. The van der Waals surface area contributed by atoms with Crippen molar-refractivity contribution >= 4 is 54.3 Å². The van der Waals surface area contributed by atoms with E-state index >= 15 is 0 Å². The Balaban J connectivity index is 1.61. The molecule has 1 heterocycles. The molecule has 156 valence electrons. The Hall–Kier alpha value is -4.14. The van der Waals surface area contributed by atoms with Crippen LogP contribution in [0, 0.1) is 0 Å². The Bertz CT molecular complexity index is 1860. The predicted molar refractivity (Wildman–Crippen MR) is 140 cm³/mol. The maximum atomic E-state index is 6.15. The third-order valence-electron chi connectivity index (χ3n) is 6.88. The van der Waals surface area contributed by atoms with Crippen molar-refractivity contribution < 1.29 is 4.42 Å². The quantitative estimate of drug-likeness (QED) is 0.285. The Morgan fingerprint density at radius 3 is 2.21 bits per heavy atom. The minimum absolute atomic E-state index is 0.487. The Labute approximate surface area is 190 Å². The van der Waals surface area contributed by atoms with Gasteiger partial charge in [0.1, 0.15) is 11.2 Å². The van der Waals surface area contributed by atoms with Gasteiger partial charge in [0.2, 0.25) is 0 Å². The third-order valence-corrected chi connectivity index (χ3v) is 6.88. The van der Waals surface area contributed by atoms with Crippen LogP contribution in [0.15, 0.2) is 108 Å². The lowest BCUT2D eigenvalue weighted by molar-refractivity contribution is 0.668. The van der Waals surface area contributed by atoms with Crippen LogP contribution in [0.3, 0.4) is 0 Å². The molecule has 6 aromatic carbocycles. The first kappa shape index (κ1) is 18.4. The molecule has 0 aliphatic carbocycles. The lowest BCUT2D eigenvalue weighted by atomic mass is 9.90. The van der Waals surface area contributed by atoms with Crippen LogP contribution in [0.25, 0.3) is 65.4 Å². The van der Waals surface area contributed by atoms with Crippen molar-refractivity contribution in [3.8, 4) is 11.1 Å². The fourth-order valence-corrected chi connectivity index (χ4v) is 5.34. The molecule has 0 aliphatic rings. The smallest absolute Gasteiger partial charge is 0.135 e. The number of hydrogen-bond donors (Lipinski definition) is 1. The van der Waals surface area contributed by atoms with Gasteiger partial charge in [-0.15, -0.1) is 0 Å². The van der Waals surface area contributed by atoms with Crippen LogP contribution in [-0.2, 0) is 6.54 Å². The third kappa shape index (κ3) is 2.65. The number of nitrogens with two attached hydrogens (primary N) is 1. The molecular formula is C31H21NO. The number of fused-ring (bicyclic) bond motifs is 8. The molecular weight excluding hydrogens is 402 g/mol. The SMILES string of the molecule is NCc1cccc2oc3ccc(-c4cc5c6ccccc6ccc5c5ccccc45)cc3c12. The molecule has 7 aromatic rings. The van der Waals surface area contributed by atoms with Crippen LogP contribution in [0.2, 0.25) is 0 Å². The van der Waals surface area contributed by atoms with Crippen LogP contribution in [-0.4, -0.2) is 0 Å². The average molecular weight is 424 g/mol. The molecule has 0 aliphatic heterocycles. The van der Waals surface area contributed by atoms with E-state index in [2.05, 4.69) is 91.0 Å². The predicted octanol–water partition coefficient (Wildman–Crippen LogP) is 8.17. The minimum atomic E-state index is 0.487. The first-order valence-electron chi connectivity index (χ1n) is 11.3. The lowest BCUT2D eigenvalue weighted by Crippen LogP contribution is -1.96. The highest BCUT2D eigenvalue weighted by Gasteiger charge is 2.14. The van der Waals surface area contributed by atoms with Gasteiger partial charge in [0.15, 0.2) is 0 Å². The van der Waals surface area contributed by atoms with E-state index in [4.69, 9.17) is 10.2 Å². The first-order valence-corrected chi connectivity index (χ1v) is 11.3. The van der Waals surface area contributed by atoms with Gasteiger partial charge >= 0.3 is 0 Å². The van der Waals surface area contributed by atoms with Gasteiger partial charge in [-0.1, -0.05) is 78.9 Å². The summed E-state index contributed by atoms with van der Waals surface area (Å²) in [5, 5.41) is 9.87. The fraction of sp³-hybridized carbons (Fsp3) is 0.0323. The molecule has 0 fully saturated rings. The highest BCUT2D eigenvalue weighted by atomic mass is 16.3. The highest BCUT2D eigenvalue weighted by molar-refractivity contribution is 6.21. The summed E-state index contributed by atoms with van der Waals surface area (Å²) in [7, 11) is 0. The minimum Gasteiger partial charge on any atom is -0.456 e. The molecule has 0 amide bonds. The van der Waals surface area contributed by atoms with Gasteiger partial charge in [0, 0.05) is 17.3 Å². The first-order chi connectivity index (χ1) is 16.3. The van der Waals surface area contributed by atoms with E-state index in [1.54, 1.807) is 0 Å². The van der Waals surface area contributed by atoms with Gasteiger partial charge in [-0.3, -0.25) is 0 Å². The molecule has 2 nitrogen and oxygen atoms in total. The van der Waals surface area contributed by atoms with E-state index in [-0.39, 0.29) is 0 Å². The van der Waals surface area contributed by atoms with Crippen LogP contribution < -0.4 is 5.73 Å². The summed E-state index contributed by atoms with van der Waals surface area (Å²) in [6.45, 7) is 0.487. The van der Waals surface area contributed by atoms with Crippen LogP contribution in [0.5, 0.6) is 0 Å². The maximum Gasteiger partial charge on any atom is 0.135 e. The average Bonchev–Trinajstić information content (AvgIpc) is 3.26. The van der Waals surface area contributed by atoms with Crippen molar-refractivity contribution in [2.24, 2.45) is 5.73 Å². The van der Waals surface area contributed by atoms with E-state index in [0.29, 0.717) is 6.54 Å². The summed E-state index contributed by atoms with van der Waals surface area (Å²) in [5.74, 6) is 0. The van der Waals surface area contributed by atoms with Crippen molar-refractivity contribution in [2.75, 3.05) is 0 Å². The number of benzene rings is 6. The zero-order valence-electron chi connectivity index (χ0n) is 18.0. The van der Waals surface area contributed by atoms with E-state index in [0.717, 1.165) is 27.5 Å². The summed E-state index contributed by atoms with van der Waals surface area (Å²) in [6.07, 6.45) is 0. The number of furan rings is 1. The zero-order valence-corrected chi connectivity index (χ0v) is 18.0. The van der Waals surface area contributed by atoms with Crippen molar-refractivity contribution in [3.05, 3.63) is 109 Å². The van der Waals surface area contributed by atoms with E-state index in [1.165, 1.54) is 43.4 Å². The van der Waals surface area contributed by atoms with E-state index < -0.39 is 0 Å². The molecule has 0 atom stereocenters. The van der Waals surface area contributed by atoms with Crippen molar-refractivity contribution in [1.29, 1.82) is 0 Å². The van der Waals surface area contributed by atoms with Crippen molar-refractivity contribution in [3.63, 3.8) is 0 Å². The lowest BCUT2D eigenvalue weighted by Gasteiger charge is -2.13. The van der Waals surface area contributed by atoms with Gasteiger partial charge in [0.05, 0.1) is 0 Å². The second-order valence-corrected chi connectivity index (χ2v) is 8.66. The number of rotatable bonds is 2. The van der Waals surface area contributed by atoms with Crippen LogP contribution in [0.1, 0.15) is 5.56 Å². The van der Waals surface area contributed by atoms with Gasteiger partial charge < -0.3 is 10.2 Å². The van der Waals surface area contributed by atoms with Crippen molar-refractivity contribution in [1.82, 2.24) is 0 Å². The van der Waals surface area contributed by atoms with Gasteiger partial charge in [-0.25, -0.2) is 0 Å². The highest BCUT2D eigenvalue weighted by Crippen LogP contribution is 2.40. The standard InChI is InChI=1S/C31H21NO/c32-18-21-7-5-11-30-31(21)28-16-20(13-15-29(28)33-30)26-17-27-22-8-2-1-6-19(22)12-14-25(27)23-9-3-4-10-24(23)26/h1-17H,18,32H2. The Morgan fingerprint density at radius 2 is 1.33 bits per heavy atom. The Morgan fingerprint density at radius 1 is 0.545 bits per heavy atom. The molecule has 0 bridgehead atoms. The van der Waals surface area contributed by atoms with Crippen LogP contribution in [0.4, 0.5) is 0 Å². The summed E-state index contributed by atoms with van der Waals surface area (Å²) < 4.78 is 6.15. The topological polar surface area (TPSA) is 39.2 Å². The molecule has 7 rings (SSSR count). The molecule has 33 heavy (non-hydrogen) atoms. The molecule has 2 heteroatoms. The maximum absolute atomic E-state index is 6.15. The van der Waals surface area contributed by atoms with E-state index in [1.807, 2.05) is 12.1 Å². The summed E-state index contributed by atoms with van der Waals surface area (Å²) in [4.78, 5) is 0. The van der Waals surface area contributed by atoms with E-state index in [9.17, 15) is 0 Å². The summed E-state index contributed by atoms with van der Waals surface area (Å²) in [6, 6.07) is 36.8. The molecule has 0 unspecified atom stereocenters. The van der Waals surface area contributed by atoms with Crippen LogP contribution >= 0.6 is 0 Å². The summed E-state index contributed by atoms with van der Waals surface area (Å²) >= 11 is 0. The Kier molecular flexibility index (Phi) is 3.87. The zero-order chi connectivity index (χ0) is 21.9. The van der Waals surface area contributed by atoms with Crippen molar-refractivity contribution in [2.45, 2.75) is 6.54 Å². The fourth-order valence-electron chi connectivity index (χ4n) is 5.34. The molecule has 1 aromatic heterocycles. The van der Waals surface area contributed by atoms with Gasteiger partial charge in [0.25, 0.3) is 0 Å². The van der Waals surface area contributed by atoms with Gasteiger partial charge in [-0.05, 0) is 73.3 Å². The molecule has 0 radical (unpaired) electrons. The second-order valence-electron chi connectivity index (χ2n) is 8.66. The molecule has 0 saturated carbocycles. The monoisotopic (exact) mass is 423 g/mol. The van der Waals surface area contributed by atoms with Gasteiger partial charge in [-0.2, -0.15) is 0 Å². The normalized spacial score (nSPS) is 11.9.